The minimum atomic E-state index is -0.842. The molecule has 2 unspecified atom stereocenters. The highest BCUT2D eigenvalue weighted by atomic mass is 16.4. The predicted molar refractivity (Wildman–Crippen MR) is 44.7 cm³/mol. The fourth-order valence-electron chi connectivity index (χ4n) is 1.46. The maximum absolute atomic E-state index is 10.4. The van der Waals surface area contributed by atoms with Gasteiger partial charge < -0.3 is 10.2 Å². The lowest BCUT2D eigenvalue weighted by atomic mass is 9.97. The molecule has 0 saturated carbocycles. The van der Waals surface area contributed by atoms with E-state index in [0.29, 0.717) is 6.42 Å². The topological polar surface area (TPSA) is 57.5 Å². The molecule has 68 valence electrons. The van der Waals surface area contributed by atoms with Gasteiger partial charge in [0.2, 0.25) is 0 Å². The van der Waals surface area contributed by atoms with E-state index in [0.717, 1.165) is 12.8 Å². The third-order valence-electron chi connectivity index (χ3n) is 2.16. The zero-order valence-corrected chi connectivity index (χ0v) is 6.94. The van der Waals surface area contributed by atoms with Crippen molar-refractivity contribution < 1.29 is 15.0 Å². The average molecular weight is 170 g/mol. The van der Waals surface area contributed by atoms with Gasteiger partial charge in [0, 0.05) is 5.92 Å². The van der Waals surface area contributed by atoms with Crippen LogP contribution in [0.3, 0.4) is 0 Å². The molecule has 3 nitrogen and oxygen atoms in total. The Kier molecular flexibility index (Phi) is 3.29. The van der Waals surface area contributed by atoms with E-state index in [9.17, 15) is 9.90 Å². The van der Waals surface area contributed by atoms with E-state index in [1.54, 1.807) is 0 Å². The smallest absolute Gasteiger partial charge is 0.304 e. The lowest BCUT2D eigenvalue weighted by Gasteiger charge is -2.15. The zero-order chi connectivity index (χ0) is 8.97. The SMILES string of the molecule is O=C(O)CC1C=CCCCC1O. The summed E-state index contributed by atoms with van der Waals surface area (Å²) in [6, 6.07) is 0. The van der Waals surface area contributed by atoms with E-state index in [4.69, 9.17) is 5.11 Å². The lowest BCUT2D eigenvalue weighted by Crippen LogP contribution is -2.20. The van der Waals surface area contributed by atoms with Crippen molar-refractivity contribution in [1.82, 2.24) is 0 Å². The van der Waals surface area contributed by atoms with Crippen LogP contribution in [0, 0.1) is 5.92 Å². The van der Waals surface area contributed by atoms with Crippen LogP contribution >= 0.6 is 0 Å². The highest BCUT2D eigenvalue weighted by molar-refractivity contribution is 5.67. The second-order valence-corrected chi connectivity index (χ2v) is 3.19. The van der Waals surface area contributed by atoms with Gasteiger partial charge in [-0.2, -0.15) is 0 Å². The monoisotopic (exact) mass is 170 g/mol. The van der Waals surface area contributed by atoms with Gasteiger partial charge in [-0.1, -0.05) is 12.2 Å². The molecule has 0 bridgehead atoms. The van der Waals surface area contributed by atoms with Crippen molar-refractivity contribution in [3.63, 3.8) is 0 Å². The number of aliphatic hydroxyl groups is 1. The van der Waals surface area contributed by atoms with Crippen LogP contribution in [-0.2, 0) is 4.79 Å². The van der Waals surface area contributed by atoms with Crippen LogP contribution in [0.25, 0.3) is 0 Å². The highest BCUT2D eigenvalue weighted by Gasteiger charge is 2.20. The molecule has 12 heavy (non-hydrogen) atoms. The Labute approximate surface area is 71.7 Å². The molecular formula is C9H14O3. The summed E-state index contributed by atoms with van der Waals surface area (Å²) in [5, 5.41) is 18.0. The van der Waals surface area contributed by atoms with E-state index in [2.05, 4.69) is 0 Å². The molecule has 0 spiro atoms. The lowest BCUT2D eigenvalue weighted by molar-refractivity contribution is -0.138. The molecule has 1 rings (SSSR count). The summed E-state index contributed by atoms with van der Waals surface area (Å²) in [7, 11) is 0. The van der Waals surface area contributed by atoms with Gasteiger partial charge in [-0.25, -0.2) is 0 Å². The predicted octanol–water partition coefficient (Wildman–Crippen LogP) is 1.18. The summed E-state index contributed by atoms with van der Waals surface area (Å²) in [6.45, 7) is 0. The van der Waals surface area contributed by atoms with Crippen molar-refractivity contribution in [3.8, 4) is 0 Å². The maximum atomic E-state index is 10.4. The molecule has 3 heteroatoms. The molecule has 0 aromatic carbocycles. The molecule has 0 saturated heterocycles. The second-order valence-electron chi connectivity index (χ2n) is 3.19. The fraction of sp³-hybridized carbons (Fsp3) is 0.667. The van der Waals surface area contributed by atoms with Gasteiger partial charge in [0.05, 0.1) is 12.5 Å². The van der Waals surface area contributed by atoms with Crippen molar-refractivity contribution >= 4 is 5.97 Å². The summed E-state index contributed by atoms with van der Waals surface area (Å²) in [6.07, 6.45) is 5.97. The van der Waals surface area contributed by atoms with Crippen molar-refractivity contribution in [2.24, 2.45) is 5.92 Å². The summed E-state index contributed by atoms with van der Waals surface area (Å²) >= 11 is 0. The molecule has 0 radical (unpaired) electrons. The van der Waals surface area contributed by atoms with Gasteiger partial charge in [0.1, 0.15) is 0 Å². The number of carbonyl (C=O) groups is 1. The number of hydrogen-bond donors (Lipinski definition) is 2. The first-order chi connectivity index (χ1) is 5.70. The van der Waals surface area contributed by atoms with E-state index < -0.39 is 12.1 Å². The standard InChI is InChI=1S/C9H14O3/c10-8-5-3-1-2-4-7(8)6-9(11)12/h2,4,7-8,10H,1,3,5-6H2,(H,11,12). The number of rotatable bonds is 2. The maximum Gasteiger partial charge on any atom is 0.304 e. The van der Waals surface area contributed by atoms with Crippen LogP contribution in [0.2, 0.25) is 0 Å². The third kappa shape index (κ3) is 2.66. The van der Waals surface area contributed by atoms with E-state index in [1.807, 2.05) is 12.2 Å². The van der Waals surface area contributed by atoms with Gasteiger partial charge in [0.25, 0.3) is 0 Å². The molecule has 1 aliphatic carbocycles. The van der Waals surface area contributed by atoms with E-state index >= 15 is 0 Å². The first-order valence-electron chi connectivity index (χ1n) is 4.26. The van der Waals surface area contributed by atoms with Crippen molar-refractivity contribution in [1.29, 1.82) is 0 Å². The van der Waals surface area contributed by atoms with Crippen LogP contribution in [-0.4, -0.2) is 22.3 Å². The van der Waals surface area contributed by atoms with Gasteiger partial charge in [-0.3, -0.25) is 4.79 Å². The Morgan fingerprint density at radius 3 is 3.00 bits per heavy atom. The molecule has 2 N–H and O–H groups in total. The second kappa shape index (κ2) is 4.26. The molecule has 0 aromatic rings. The summed E-state index contributed by atoms with van der Waals surface area (Å²) in [4.78, 5) is 10.4. The Morgan fingerprint density at radius 1 is 1.58 bits per heavy atom. The molecule has 0 amide bonds. The Morgan fingerprint density at radius 2 is 2.33 bits per heavy atom. The Balaban J connectivity index is 2.52. The van der Waals surface area contributed by atoms with Crippen LogP contribution in [0.5, 0.6) is 0 Å². The molecule has 2 atom stereocenters. The minimum absolute atomic E-state index is 0.0394. The first-order valence-corrected chi connectivity index (χ1v) is 4.26. The molecular weight excluding hydrogens is 156 g/mol. The summed E-state index contributed by atoms with van der Waals surface area (Å²) in [5.74, 6) is -1.03. The Bertz CT molecular complexity index is 186. The molecule has 0 aliphatic heterocycles. The summed E-state index contributed by atoms with van der Waals surface area (Å²) < 4.78 is 0. The largest absolute Gasteiger partial charge is 0.481 e. The zero-order valence-electron chi connectivity index (χ0n) is 6.94. The number of aliphatic carboxylic acids is 1. The van der Waals surface area contributed by atoms with Gasteiger partial charge >= 0.3 is 5.97 Å². The first kappa shape index (κ1) is 9.26. The molecule has 0 aromatic heterocycles. The summed E-state index contributed by atoms with van der Waals surface area (Å²) in [5.41, 5.74) is 0. The normalized spacial score (nSPS) is 29.8. The number of allylic oxidation sites excluding steroid dienone is 1. The van der Waals surface area contributed by atoms with Crippen LogP contribution in [0.1, 0.15) is 25.7 Å². The third-order valence-corrected chi connectivity index (χ3v) is 2.16. The van der Waals surface area contributed by atoms with Crippen LogP contribution < -0.4 is 0 Å². The average Bonchev–Trinajstić information content (AvgIpc) is 2.16. The molecule has 0 fully saturated rings. The highest BCUT2D eigenvalue weighted by Crippen LogP contribution is 2.20. The van der Waals surface area contributed by atoms with E-state index in [1.165, 1.54) is 0 Å². The van der Waals surface area contributed by atoms with E-state index in [-0.39, 0.29) is 12.3 Å². The fourth-order valence-corrected chi connectivity index (χ4v) is 1.46. The van der Waals surface area contributed by atoms with Gasteiger partial charge in [-0.15, -0.1) is 0 Å². The van der Waals surface area contributed by atoms with Crippen molar-refractivity contribution in [2.75, 3.05) is 0 Å². The van der Waals surface area contributed by atoms with Crippen LogP contribution in [0.4, 0.5) is 0 Å². The van der Waals surface area contributed by atoms with Crippen molar-refractivity contribution in [2.45, 2.75) is 31.8 Å². The van der Waals surface area contributed by atoms with Gasteiger partial charge in [0.15, 0.2) is 0 Å². The van der Waals surface area contributed by atoms with Gasteiger partial charge in [-0.05, 0) is 19.3 Å². The molecule has 1 aliphatic rings. The minimum Gasteiger partial charge on any atom is -0.481 e. The molecule has 0 heterocycles. The quantitative estimate of drug-likeness (QED) is 0.612. The number of aliphatic hydroxyl groups excluding tert-OH is 1. The number of carboxylic acids is 1. The number of hydrogen-bond acceptors (Lipinski definition) is 2. The van der Waals surface area contributed by atoms with Crippen LogP contribution in [0.15, 0.2) is 12.2 Å². The number of carboxylic acid groups (broad SMARTS) is 1. The Hall–Kier alpha value is -0.830. The van der Waals surface area contributed by atoms with Crippen molar-refractivity contribution in [3.05, 3.63) is 12.2 Å².